The number of carbonyl (C=O) groups is 1. The molecule has 1 fully saturated rings. The number of aryl methyl sites for hydroxylation is 1. The maximum absolute atomic E-state index is 12.5. The molecule has 1 saturated heterocycles. The van der Waals surface area contributed by atoms with E-state index >= 15 is 0 Å². The van der Waals surface area contributed by atoms with E-state index in [1.54, 1.807) is 6.20 Å². The Bertz CT molecular complexity index is 994. The predicted molar refractivity (Wildman–Crippen MR) is 113 cm³/mol. The number of aromatic nitrogens is 3. The molecule has 1 aromatic carbocycles. The van der Waals surface area contributed by atoms with Gasteiger partial charge in [0.2, 0.25) is 0 Å². The molecule has 0 spiro atoms. The van der Waals surface area contributed by atoms with Crippen LogP contribution in [0.3, 0.4) is 0 Å². The molecule has 1 aliphatic rings. The number of carbonyl (C=O) groups excluding carboxylic acids is 1. The highest BCUT2D eigenvalue weighted by atomic mass is 16.5. The van der Waals surface area contributed by atoms with Crippen LogP contribution < -0.4 is 10.6 Å². The van der Waals surface area contributed by atoms with E-state index < -0.39 is 0 Å². The monoisotopic (exact) mass is 391 g/mol. The first-order chi connectivity index (χ1) is 14.1. The number of amides is 2. The van der Waals surface area contributed by atoms with Gasteiger partial charge >= 0.3 is 6.03 Å². The van der Waals surface area contributed by atoms with Crippen LogP contribution in [0.5, 0.6) is 0 Å². The van der Waals surface area contributed by atoms with Gasteiger partial charge in [-0.25, -0.2) is 9.78 Å². The third kappa shape index (κ3) is 4.30. The first kappa shape index (κ1) is 19.1. The van der Waals surface area contributed by atoms with Crippen molar-refractivity contribution in [3.63, 3.8) is 0 Å². The number of ether oxygens (including phenoxy) is 1. The number of nitrogens with one attached hydrogen (secondary N) is 2. The fourth-order valence-corrected chi connectivity index (χ4v) is 3.67. The quantitative estimate of drug-likeness (QED) is 0.683. The molecule has 2 amide bonds. The zero-order valence-electron chi connectivity index (χ0n) is 16.7. The van der Waals surface area contributed by atoms with E-state index in [-0.39, 0.29) is 6.03 Å². The van der Waals surface area contributed by atoms with Crippen molar-refractivity contribution in [2.75, 3.05) is 23.8 Å². The third-order valence-electron chi connectivity index (χ3n) is 5.24. The second-order valence-corrected chi connectivity index (χ2v) is 7.21. The van der Waals surface area contributed by atoms with Crippen molar-refractivity contribution < 1.29 is 9.53 Å². The third-order valence-corrected chi connectivity index (χ3v) is 5.24. The number of hydrogen-bond donors (Lipinski definition) is 2. The van der Waals surface area contributed by atoms with Crippen LogP contribution in [0.4, 0.5) is 16.3 Å². The van der Waals surface area contributed by atoms with Crippen LogP contribution in [0, 0.1) is 13.8 Å². The summed E-state index contributed by atoms with van der Waals surface area (Å²) in [5.74, 6) is 0.508. The van der Waals surface area contributed by atoms with E-state index in [0.29, 0.717) is 17.5 Å². The highest BCUT2D eigenvalue weighted by molar-refractivity contribution is 5.99. The maximum atomic E-state index is 12.5. The number of pyridine rings is 1. The normalized spacial score (nSPS) is 14.6. The summed E-state index contributed by atoms with van der Waals surface area (Å²) in [4.78, 5) is 17.0. The van der Waals surface area contributed by atoms with Gasteiger partial charge in [-0.3, -0.25) is 10.00 Å². The van der Waals surface area contributed by atoms with Crippen molar-refractivity contribution in [2.24, 2.45) is 0 Å². The molecular formula is C22H25N5O2. The molecule has 4 rings (SSSR count). The van der Waals surface area contributed by atoms with Gasteiger partial charge in [-0.15, -0.1) is 0 Å². The Balaban J connectivity index is 1.42. The van der Waals surface area contributed by atoms with Gasteiger partial charge in [-0.1, -0.05) is 30.3 Å². The van der Waals surface area contributed by atoms with Gasteiger partial charge in [0.15, 0.2) is 0 Å². The van der Waals surface area contributed by atoms with Crippen LogP contribution in [-0.2, 0) is 4.74 Å². The molecule has 0 saturated carbocycles. The molecular weight excluding hydrogens is 366 g/mol. The van der Waals surface area contributed by atoms with E-state index in [2.05, 4.69) is 20.7 Å². The van der Waals surface area contributed by atoms with Crippen LogP contribution in [0.2, 0.25) is 0 Å². The van der Waals surface area contributed by atoms with E-state index in [4.69, 9.17) is 4.74 Å². The molecule has 2 N–H and O–H groups in total. The Labute approximate surface area is 170 Å². The molecule has 0 bridgehead atoms. The van der Waals surface area contributed by atoms with E-state index in [1.165, 1.54) is 0 Å². The van der Waals surface area contributed by atoms with Gasteiger partial charge in [0.05, 0.1) is 23.6 Å². The zero-order chi connectivity index (χ0) is 20.2. The molecule has 0 unspecified atom stereocenters. The van der Waals surface area contributed by atoms with Gasteiger partial charge < -0.3 is 10.1 Å². The van der Waals surface area contributed by atoms with Crippen molar-refractivity contribution in [3.05, 3.63) is 60.0 Å². The molecule has 7 nitrogen and oxygen atoms in total. The zero-order valence-corrected chi connectivity index (χ0v) is 16.7. The first-order valence-corrected chi connectivity index (χ1v) is 9.85. The van der Waals surface area contributed by atoms with Crippen molar-refractivity contribution in [2.45, 2.75) is 32.7 Å². The highest BCUT2D eigenvalue weighted by Gasteiger charge is 2.20. The Morgan fingerprint density at radius 3 is 2.55 bits per heavy atom. The summed E-state index contributed by atoms with van der Waals surface area (Å²) < 4.78 is 7.40. The molecule has 3 aromatic rings. The minimum Gasteiger partial charge on any atom is -0.381 e. The smallest absolute Gasteiger partial charge is 0.324 e. The summed E-state index contributed by atoms with van der Waals surface area (Å²) in [6.07, 6.45) is 3.57. The van der Waals surface area contributed by atoms with Crippen molar-refractivity contribution in [3.8, 4) is 11.1 Å². The highest BCUT2D eigenvalue weighted by Crippen LogP contribution is 2.26. The van der Waals surface area contributed by atoms with E-state index in [9.17, 15) is 4.79 Å². The second kappa shape index (κ2) is 8.45. The molecule has 150 valence electrons. The lowest BCUT2D eigenvalue weighted by Crippen LogP contribution is -2.22. The molecule has 7 heteroatoms. The van der Waals surface area contributed by atoms with Crippen LogP contribution >= 0.6 is 0 Å². The maximum Gasteiger partial charge on any atom is 0.324 e. The molecule has 2 aromatic heterocycles. The van der Waals surface area contributed by atoms with Crippen molar-refractivity contribution >= 4 is 17.5 Å². The number of nitrogens with zero attached hydrogens (tertiary/aromatic N) is 3. The van der Waals surface area contributed by atoms with E-state index in [0.717, 1.165) is 48.6 Å². The summed E-state index contributed by atoms with van der Waals surface area (Å²) >= 11 is 0. The van der Waals surface area contributed by atoms with Gasteiger partial charge in [-0.2, -0.15) is 5.10 Å². The molecule has 1 aliphatic heterocycles. The van der Waals surface area contributed by atoms with E-state index in [1.807, 2.05) is 61.0 Å². The fraction of sp³-hybridized carbons (Fsp3) is 0.318. The summed E-state index contributed by atoms with van der Waals surface area (Å²) in [5, 5.41) is 10.1. The number of benzene rings is 1. The SMILES string of the molecule is Cc1nc(NC(=O)Nc2cnn(C3CCOCC3)c2C)ccc1-c1ccccc1. The Kier molecular flexibility index (Phi) is 5.57. The van der Waals surface area contributed by atoms with Crippen LogP contribution in [0.25, 0.3) is 11.1 Å². The fourth-order valence-electron chi connectivity index (χ4n) is 3.67. The average molecular weight is 391 g/mol. The largest absolute Gasteiger partial charge is 0.381 e. The van der Waals surface area contributed by atoms with Crippen molar-refractivity contribution in [1.82, 2.24) is 14.8 Å². The van der Waals surface area contributed by atoms with Gasteiger partial charge in [0.1, 0.15) is 5.82 Å². The predicted octanol–water partition coefficient (Wildman–Crippen LogP) is 4.56. The first-order valence-electron chi connectivity index (χ1n) is 9.85. The van der Waals surface area contributed by atoms with Gasteiger partial charge in [0, 0.05) is 24.5 Å². The molecule has 0 atom stereocenters. The standard InChI is InChI=1S/C22H25N5O2/c1-15-19(17-6-4-3-5-7-17)8-9-21(24-15)26-22(28)25-20-14-23-27(16(20)2)18-10-12-29-13-11-18/h3-9,14,18H,10-13H2,1-2H3,(H2,24,25,26,28). The lowest BCUT2D eigenvalue weighted by Gasteiger charge is -2.23. The van der Waals surface area contributed by atoms with Gasteiger partial charge in [-0.05, 0) is 44.4 Å². The summed E-state index contributed by atoms with van der Waals surface area (Å²) in [5.41, 5.74) is 4.65. The Hall–Kier alpha value is -3.19. The topological polar surface area (TPSA) is 81.1 Å². The van der Waals surface area contributed by atoms with Crippen LogP contribution in [0.15, 0.2) is 48.7 Å². The number of rotatable bonds is 4. The summed E-state index contributed by atoms with van der Waals surface area (Å²) in [6, 6.07) is 13.8. The lowest BCUT2D eigenvalue weighted by atomic mass is 10.0. The Morgan fingerprint density at radius 1 is 1.07 bits per heavy atom. The number of urea groups is 1. The summed E-state index contributed by atoms with van der Waals surface area (Å²) in [6.45, 7) is 5.40. The average Bonchev–Trinajstić information content (AvgIpc) is 3.09. The molecule has 3 heterocycles. The minimum absolute atomic E-state index is 0.317. The Morgan fingerprint density at radius 2 is 1.83 bits per heavy atom. The van der Waals surface area contributed by atoms with Gasteiger partial charge in [0.25, 0.3) is 0 Å². The number of anilines is 2. The van der Waals surface area contributed by atoms with Crippen LogP contribution in [0.1, 0.15) is 30.3 Å². The number of hydrogen-bond acceptors (Lipinski definition) is 4. The summed E-state index contributed by atoms with van der Waals surface area (Å²) in [7, 11) is 0. The molecule has 29 heavy (non-hydrogen) atoms. The van der Waals surface area contributed by atoms with Crippen molar-refractivity contribution in [1.29, 1.82) is 0 Å². The minimum atomic E-state index is -0.334. The molecule has 0 radical (unpaired) electrons. The second-order valence-electron chi connectivity index (χ2n) is 7.21. The van der Waals surface area contributed by atoms with Crippen LogP contribution in [-0.4, -0.2) is 34.0 Å². The molecule has 0 aliphatic carbocycles. The lowest BCUT2D eigenvalue weighted by molar-refractivity contribution is 0.0657.